The van der Waals surface area contributed by atoms with Crippen LogP contribution >= 0.6 is 0 Å². The van der Waals surface area contributed by atoms with E-state index < -0.39 is 0 Å². The number of aromatic amines is 1. The van der Waals surface area contributed by atoms with Crippen LogP contribution in [0, 0.1) is 0 Å². The minimum absolute atomic E-state index is 0. The van der Waals surface area contributed by atoms with Crippen molar-refractivity contribution >= 4 is 22.7 Å². The summed E-state index contributed by atoms with van der Waals surface area (Å²) in [5.74, 6) is 0.342. The second kappa shape index (κ2) is 10.2. The highest BCUT2D eigenvalue weighted by Crippen LogP contribution is 2.24. The molecule has 4 rings (SSSR count). The van der Waals surface area contributed by atoms with Crippen molar-refractivity contribution in [3.05, 3.63) is 83.8 Å². The van der Waals surface area contributed by atoms with Crippen LogP contribution in [0.4, 0.5) is 0 Å². The number of benzene rings is 2. The molecule has 1 atom stereocenters. The van der Waals surface area contributed by atoms with Gasteiger partial charge in [-0.25, -0.2) is 0 Å². The Balaban J connectivity index is 0.00000228. The van der Waals surface area contributed by atoms with Crippen molar-refractivity contribution in [1.82, 2.24) is 25.0 Å². The van der Waals surface area contributed by atoms with E-state index in [1.807, 2.05) is 67.8 Å². The van der Waals surface area contributed by atoms with Gasteiger partial charge in [-0.05, 0) is 48.7 Å². The minimum atomic E-state index is -0.186. The van der Waals surface area contributed by atoms with Gasteiger partial charge in [0.1, 0.15) is 11.4 Å². The highest BCUT2D eigenvalue weighted by molar-refractivity contribution is 6.05. The number of carbonyl (C=O) groups is 2. The summed E-state index contributed by atoms with van der Waals surface area (Å²) in [6.07, 6.45) is 3.09. The van der Waals surface area contributed by atoms with Gasteiger partial charge >= 0.3 is 0 Å². The van der Waals surface area contributed by atoms with E-state index in [9.17, 15) is 9.59 Å². The average Bonchev–Trinajstić information content (AvgIpc) is 3.48. The van der Waals surface area contributed by atoms with Gasteiger partial charge in [-0.3, -0.25) is 14.7 Å². The maximum absolute atomic E-state index is 13.5. The van der Waals surface area contributed by atoms with E-state index in [1.165, 1.54) is 0 Å². The first-order valence-corrected chi connectivity index (χ1v) is 11.2. The Labute approximate surface area is 201 Å². The summed E-state index contributed by atoms with van der Waals surface area (Å²) in [4.78, 5) is 27.7. The van der Waals surface area contributed by atoms with Crippen molar-refractivity contribution in [2.24, 2.45) is 7.05 Å². The molecular weight excluding hydrogens is 430 g/mol. The van der Waals surface area contributed by atoms with Crippen LogP contribution in [0.15, 0.2) is 66.9 Å². The molecule has 34 heavy (non-hydrogen) atoms. The van der Waals surface area contributed by atoms with E-state index in [2.05, 4.69) is 15.5 Å². The SMILES string of the molecule is COc1ccc2[nH]nc(C(=O)N(C)[C@H](CCNC(=O)c3cccn3C)Cc3ccccc3)c2c1.[HH].[HH]. The number of likely N-dealkylation sites (N-methyl/N-ethyl adjacent to an activating group) is 1. The number of hydrogen-bond acceptors (Lipinski definition) is 4. The van der Waals surface area contributed by atoms with Crippen molar-refractivity contribution in [3.8, 4) is 5.75 Å². The second-order valence-corrected chi connectivity index (χ2v) is 8.29. The van der Waals surface area contributed by atoms with Gasteiger partial charge < -0.3 is 19.5 Å². The van der Waals surface area contributed by atoms with Crippen LogP contribution in [0.3, 0.4) is 0 Å². The molecule has 0 radical (unpaired) electrons. The Morgan fingerprint density at radius 3 is 2.68 bits per heavy atom. The number of aromatic nitrogens is 3. The molecule has 2 aromatic carbocycles. The second-order valence-electron chi connectivity index (χ2n) is 8.29. The van der Waals surface area contributed by atoms with Crippen LogP contribution in [0.25, 0.3) is 10.9 Å². The van der Waals surface area contributed by atoms with Gasteiger partial charge in [-0.1, -0.05) is 30.3 Å². The number of amides is 2. The van der Waals surface area contributed by atoms with Crippen molar-refractivity contribution < 1.29 is 17.2 Å². The number of nitrogens with zero attached hydrogens (tertiary/aromatic N) is 3. The van der Waals surface area contributed by atoms with Crippen LogP contribution in [-0.4, -0.2) is 58.2 Å². The fraction of sp³-hybridized carbons (Fsp3) is 0.269. The van der Waals surface area contributed by atoms with Crippen molar-refractivity contribution in [2.75, 3.05) is 20.7 Å². The van der Waals surface area contributed by atoms with Gasteiger partial charge in [0.2, 0.25) is 0 Å². The molecule has 4 aromatic rings. The summed E-state index contributed by atoms with van der Waals surface area (Å²) in [6, 6.07) is 19.0. The molecule has 0 aliphatic heterocycles. The third kappa shape index (κ3) is 4.96. The van der Waals surface area contributed by atoms with E-state index in [1.54, 1.807) is 29.7 Å². The molecule has 0 saturated carbocycles. The lowest BCUT2D eigenvalue weighted by Gasteiger charge is -2.28. The van der Waals surface area contributed by atoms with Crippen LogP contribution in [0.2, 0.25) is 0 Å². The Hall–Kier alpha value is -4.07. The smallest absolute Gasteiger partial charge is 0.274 e. The normalized spacial score (nSPS) is 11.9. The summed E-state index contributed by atoms with van der Waals surface area (Å²) in [7, 11) is 5.22. The Bertz CT molecular complexity index is 1290. The molecule has 8 heteroatoms. The third-order valence-corrected chi connectivity index (χ3v) is 6.09. The van der Waals surface area contributed by atoms with E-state index in [0.29, 0.717) is 41.9 Å². The van der Waals surface area contributed by atoms with E-state index in [0.717, 1.165) is 11.1 Å². The molecule has 0 aliphatic carbocycles. The fourth-order valence-electron chi connectivity index (χ4n) is 4.07. The van der Waals surface area contributed by atoms with Gasteiger partial charge in [-0.15, -0.1) is 0 Å². The standard InChI is InChI=1S/C26H29N5O3.2H2/c1-30-15-7-10-23(30)25(32)27-14-13-19(16-18-8-5-4-6-9-18)31(2)26(33)24-21-17-20(34-3)11-12-22(21)28-29-24;;/h4-12,15,17,19H,13-14,16H2,1-3H3,(H,27,32)(H,28,29);2*1H/t19-;;/m1../s1. The van der Waals surface area contributed by atoms with E-state index >= 15 is 0 Å². The molecule has 0 unspecified atom stereocenters. The molecule has 180 valence electrons. The summed E-state index contributed by atoms with van der Waals surface area (Å²) >= 11 is 0. The lowest BCUT2D eigenvalue weighted by Crippen LogP contribution is -2.41. The first-order chi connectivity index (χ1) is 16.5. The van der Waals surface area contributed by atoms with Gasteiger partial charge in [0.15, 0.2) is 5.69 Å². The number of rotatable bonds is 9. The number of ether oxygens (including phenoxy) is 1. The molecule has 0 bridgehead atoms. The lowest BCUT2D eigenvalue weighted by molar-refractivity contribution is 0.0718. The minimum Gasteiger partial charge on any atom is -0.497 e. The zero-order valence-electron chi connectivity index (χ0n) is 19.6. The highest BCUT2D eigenvalue weighted by atomic mass is 16.5. The Morgan fingerprint density at radius 2 is 1.97 bits per heavy atom. The van der Waals surface area contributed by atoms with Gasteiger partial charge in [0, 0.05) is 41.1 Å². The maximum atomic E-state index is 13.5. The number of fused-ring (bicyclic) bond motifs is 1. The molecule has 0 aliphatic rings. The number of H-pyrrole nitrogens is 1. The molecule has 2 heterocycles. The monoisotopic (exact) mass is 463 g/mol. The molecule has 2 aromatic heterocycles. The third-order valence-electron chi connectivity index (χ3n) is 6.09. The number of methoxy groups -OCH3 is 1. The number of aryl methyl sites for hydroxylation is 1. The first-order valence-electron chi connectivity index (χ1n) is 11.2. The Morgan fingerprint density at radius 1 is 1.18 bits per heavy atom. The maximum Gasteiger partial charge on any atom is 0.274 e. The number of hydrogen-bond donors (Lipinski definition) is 2. The molecule has 0 fully saturated rings. The predicted molar refractivity (Wildman–Crippen MR) is 135 cm³/mol. The van der Waals surface area contributed by atoms with E-state index in [4.69, 9.17) is 4.74 Å². The molecule has 8 nitrogen and oxygen atoms in total. The number of carbonyl (C=O) groups excluding carboxylic acids is 2. The topological polar surface area (TPSA) is 92.2 Å². The first kappa shape index (κ1) is 23.1. The summed E-state index contributed by atoms with van der Waals surface area (Å²) < 4.78 is 7.10. The molecule has 2 amide bonds. The summed E-state index contributed by atoms with van der Waals surface area (Å²) in [5, 5.41) is 10.9. The van der Waals surface area contributed by atoms with Gasteiger partial charge in [-0.2, -0.15) is 5.10 Å². The molecular formula is C26H33N5O3. The van der Waals surface area contributed by atoms with Gasteiger partial charge in [0.25, 0.3) is 11.8 Å². The van der Waals surface area contributed by atoms with Crippen molar-refractivity contribution in [1.29, 1.82) is 0 Å². The van der Waals surface area contributed by atoms with E-state index in [-0.39, 0.29) is 20.7 Å². The highest BCUT2D eigenvalue weighted by Gasteiger charge is 2.25. The average molecular weight is 464 g/mol. The van der Waals surface area contributed by atoms with Crippen LogP contribution in [-0.2, 0) is 13.5 Å². The summed E-state index contributed by atoms with van der Waals surface area (Å²) in [5.41, 5.74) is 2.84. The quantitative estimate of drug-likeness (QED) is 0.394. The molecule has 0 saturated heterocycles. The number of nitrogens with one attached hydrogen (secondary N) is 2. The fourth-order valence-corrected chi connectivity index (χ4v) is 4.07. The largest absolute Gasteiger partial charge is 0.497 e. The van der Waals surface area contributed by atoms with Crippen molar-refractivity contribution in [2.45, 2.75) is 18.9 Å². The summed E-state index contributed by atoms with van der Waals surface area (Å²) in [6.45, 7) is 0.439. The lowest BCUT2D eigenvalue weighted by atomic mass is 10.0. The van der Waals surface area contributed by atoms with Crippen LogP contribution in [0.1, 0.15) is 35.8 Å². The predicted octanol–water partition coefficient (Wildman–Crippen LogP) is 3.91. The zero-order valence-corrected chi connectivity index (χ0v) is 19.6. The van der Waals surface area contributed by atoms with Gasteiger partial charge in [0.05, 0.1) is 12.6 Å². The molecule has 0 spiro atoms. The van der Waals surface area contributed by atoms with Crippen LogP contribution in [0.5, 0.6) is 5.75 Å². The molecule has 2 N–H and O–H groups in total. The zero-order chi connectivity index (χ0) is 24.1. The van der Waals surface area contributed by atoms with Crippen LogP contribution < -0.4 is 10.1 Å². The van der Waals surface area contributed by atoms with Crippen molar-refractivity contribution in [3.63, 3.8) is 0 Å². The Kier molecular flexibility index (Phi) is 6.96.